The molecule has 1 N–H and O–H groups in total. The molecule has 32 heavy (non-hydrogen) atoms. The number of aromatic nitrogens is 2. The molecule has 1 aliphatic rings. The zero-order chi connectivity index (χ0) is 23.4. The minimum Gasteiger partial charge on any atom is -0.378 e. The number of rotatable bonds is 6. The van der Waals surface area contributed by atoms with E-state index >= 15 is 0 Å². The lowest BCUT2D eigenvalue weighted by molar-refractivity contribution is 0.131. The Morgan fingerprint density at radius 2 is 1.31 bits per heavy atom. The number of hydrogen-bond donors (Lipinski definition) is 1. The number of pyridine rings is 2. The number of fused-ring (bicyclic) bond motifs is 1. The Morgan fingerprint density at radius 1 is 0.812 bits per heavy atom. The number of likely N-dealkylation sites (N-methyl/N-ethyl adjacent to an activating group) is 1. The Hall–Kier alpha value is -2.60. The van der Waals surface area contributed by atoms with Crippen molar-refractivity contribution < 1.29 is 9.47 Å². The predicted octanol–water partition coefficient (Wildman–Crippen LogP) is 5.25. The van der Waals surface area contributed by atoms with Gasteiger partial charge in [0.2, 0.25) is 0 Å². The number of nitrogens with zero attached hydrogens (tertiary/aromatic N) is 2. The topological polar surface area (TPSA) is 56.3 Å². The van der Waals surface area contributed by atoms with Crippen molar-refractivity contribution in [3.05, 3.63) is 95.6 Å². The smallest absolute Gasteiger partial charge is 0.0887 e. The third-order valence-corrected chi connectivity index (χ3v) is 4.66. The van der Waals surface area contributed by atoms with Gasteiger partial charge in [0, 0.05) is 32.2 Å². The second kappa shape index (κ2) is 18.0. The number of nitrogens with one attached hydrogen (secondary N) is 1. The highest BCUT2D eigenvalue weighted by Crippen LogP contribution is 2.20. The first-order valence-corrected chi connectivity index (χ1v) is 11.4. The average Bonchev–Trinajstić information content (AvgIpc) is 3.30. The van der Waals surface area contributed by atoms with Crippen molar-refractivity contribution in [2.24, 2.45) is 0 Å². The van der Waals surface area contributed by atoms with E-state index < -0.39 is 0 Å². The SMILES string of the molecule is CC.CCOCc1ccccn1.CNC1Cc2ccccc2C1.COCc1ccccn1. The van der Waals surface area contributed by atoms with Crippen molar-refractivity contribution in [3.8, 4) is 0 Å². The molecule has 1 aliphatic carbocycles. The van der Waals surface area contributed by atoms with Gasteiger partial charge in [-0.3, -0.25) is 9.97 Å². The van der Waals surface area contributed by atoms with Crippen LogP contribution in [-0.4, -0.2) is 36.8 Å². The standard InChI is InChI=1S/C10H13N.C8H11NO.C7H9NO.C2H6/c1-11-10-6-8-4-2-3-5-9(8)7-10;1-2-10-7-8-5-3-4-6-9-8;1-9-6-7-4-2-3-5-8-7;1-2/h2-5,10-11H,6-7H2,1H3;3-6H,2,7H2,1H3;2-5H,6H2,1H3;1-2H3. The summed E-state index contributed by atoms with van der Waals surface area (Å²) in [6.45, 7) is 7.94. The molecule has 0 radical (unpaired) electrons. The molecule has 174 valence electrons. The van der Waals surface area contributed by atoms with Crippen LogP contribution in [0.15, 0.2) is 73.1 Å². The van der Waals surface area contributed by atoms with Gasteiger partial charge in [-0.05, 0) is 62.2 Å². The van der Waals surface area contributed by atoms with Crippen molar-refractivity contribution >= 4 is 0 Å². The third kappa shape index (κ3) is 11.1. The highest BCUT2D eigenvalue weighted by Gasteiger charge is 2.18. The third-order valence-electron chi connectivity index (χ3n) is 4.66. The quantitative estimate of drug-likeness (QED) is 0.571. The van der Waals surface area contributed by atoms with E-state index in [1.54, 1.807) is 19.5 Å². The molecular formula is C27H39N3O2. The lowest BCUT2D eigenvalue weighted by Crippen LogP contribution is -2.24. The van der Waals surface area contributed by atoms with E-state index in [0.717, 1.165) is 18.0 Å². The molecule has 0 atom stereocenters. The maximum atomic E-state index is 5.16. The van der Waals surface area contributed by atoms with Crippen molar-refractivity contribution in [1.29, 1.82) is 0 Å². The summed E-state index contributed by atoms with van der Waals surface area (Å²) < 4.78 is 10.0. The largest absolute Gasteiger partial charge is 0.378 e. The summed E-state index contributed by atoms with van der Waals surface area (Å²) >= 11 is 0. The van der Waals surface area contributed by atoms with Crippen molar-refractivity contribution in [1.82, 2.24) is 15.3 Å². The van der Waals surface area contributed by atoms with Crippen molar-refractivity contribution in [3.63, 3.8) is 0 Å². The van der Waals surface area contributed by atoms with Crippen LogP contribution < -0.4 is 5.32 Å². The van der Waals surface area contributed by atoms with Gasteiger partial charge in [0.15, 0.2) is 0 Å². The first-order valence-electron chi connectivity index (χ1n) is 11.4. The maximum absolute atomic E-state index is 5.16. The first kappa shape index (κ1) is 27.4. The number of benzene rings is 1. The summed E-state index contributed by atoms with van der Waals surface area (Å²) in [6.07, 6.45) is 5.93. The molecule has 0 aliphatic heterocycles. The Labute approximate surface area is 194 Å². The fraction of sp³-hybridized carbons (Fsp3) is 0.407. The monoisotopic (exact) mass is 437 g/mol. The van der Waals surface area contributed by atoms with E-state index in [4.69, 9.17) is 9.47 Å². The lowest BCUT2D eigenvalue weighted by atomic mass is 10.1. The maximum Gasteiger partial charge on any atom is 0.0887 e. The Morgan fingerprint density at radius 3 is 1.72 bits per heavy atom. The molecule has 4 rings (SSSR count). The van der Waals surface area contributed by atoms with Crippen LogP contribution in [0.25, 0.3) is 0 Å². The van der Waals surface area contributed by atoms with Crippen molar-refractivity contribution in [2.45, 2.75) is 52.9 Å². The van der Waals surface area contributed by atoms with Crippen LogP contribution in [-0.2, 0) is 35.5 Å². The molecule has 0 unspecified atom stereocenters. The van der Waals surface area contributed by atoms with Gasteiger partial charge in [0.05, 0.1) is 24.6 Å². The van der Waals surface area contributed by atoms with Crippen LogP contribution in [0.1, 0.15) is 43.3 Å². The zero-order valence-corrected chi connectivity index (χ0v) is 20.3. The van der Waals surface area contributed by atoms with Gasteiger partial charge in [0.1, 0.15) is 0 Å². The zero-order valence-electron chi connectivity index (χ0n) is 20.3. The fourth-order valence-corrected chi connectivity index (χ4v) is 3.08. The predicted molar refractivity (Wildman–Crippen MR) is 133 cm³/mol. The van der Waals surface area contributed by atoms with E-state index in [2.05, 4.69) is 39.6 Å². The number of methoxy groups -OCH3 is 1. The van der Waals surface area contributed by atoms with Crippen LogP contribution in [0.4, 0.5) is 0 Å². The van der Waals surface area contributed by atoms with Gasteiger partial charge in [-0.25, -0.2) is 0 Å². The molecule has 3 aromatic rings. The molecule has 0 saturated heterocycles. The van der Waals surface area contributed by atoms with E-state index in [1.165, 1.54) is 24.0 Å². The molecule has 0 amide bonds. The minimum absolute atomic E-state index is 0.598. The van der Waals surface area contributed by atoms with E-state index in [9.17, 15) is 0 Å². The molecule has 2 heterocycles. The highest BCUT2D eigenvalue weighted by atomic mass is 16.5. The Bertz CT molecular complexity index is 788. The molecule has 5 nitrogen and oxygen atoms in total. The molecule has 1 aromatic carbocycles. The fourth-order valence-electron chi connectivity index (χ4n) is 3.08. The summed E-state index contributed by atoms with van der Waals surface area (Å²) in [6, 6.07) is 21.0. The van der Waals surface area contributed by atoms with Gasteiger partial charge >= 0.3 is 0 Å². The second-order valence-corrected chi connectivity index (χ2v) is 6.87. The molecular weight excluding hydrogens is 398 g/mol. The van der Waals surface area contributed by atoms with E-state index in [1.807, 2.05) is 64.2 Å². The lowest BCUT2D eigenvalue weighted by Gasteiger charge is -2.04. The van der Waals surface area contributed by atoms with Crippen LogP contribution in [0, 0.1) is 0 Å². The highest BCUT2D eigenvalue weighted by molar-refractivity contribution is 5.33. The Kier molecular flexibility index (Phi) is 15.4. The van der Waals surface area contributed by atoms with E-state index in [0.29, 0.717) is 19.3 Å². The van der Waals surface area contributed by atoms with Gasteiger partial charge in [-0.15, -0.1) is 0 Å². The van der Waals surface area contributed by atoms with E-state index in [-0.39, 0.29) is 0 Å². The number of ether oxygens (including phenoxy) is 2. The number of hydrogen-bond acceptors (Lipinski definition) is 5. The summed E-state index contributed by atoms with van der Waals surface area (Å²) in [5.74, 6) is 0. The van der Waals surface area contributed by atoms with Crippen LogP contribution in [0.3, 0.4) is 0 Å². The summed E-state index contributed by atoms with van der Waals surface area (Å²) in [5, 5.41) is 3.31. The molecule has 0 fully saturated rings. The first-order chi connectivity index (χ1) is 15.8. The molecule has 5 heteroatoms. The summed E-state index contributed by atoms with van der Waals surface area (Å²) in [4.78, 5) is 8.13. The molecule has 0 spiro atoms. The molecule has 2 aromatic heterocycles. The van der Waals surface area contributed by atoms with Crippen molar-refractivity contribution in [2.75, 3.05) is 20.8 Å². The normalized spacial score (nSPS) is 11.7. The van der Waals surface area contributed by atoms with Crippen LogP contribution >= 0.6 is 0 Å². The van der Waals surface area contributed by atoms with Gasteiger partial charge in [-0.2, -0.15) is 0 Å². The second-order valence-electron chi connectivity index (χ2n) is 6.87. The molecule has 0 bridgehead atoms. The summed E-state index contributed by atoms with van der Waals surface area (Å²) in [5.41, 5.74) is 5.00. The minimum atomic E-state index is 0.598. The van der Waals surface area contributed by atoms with Gasteiger partial charge in [0.25, 0.3) is 0 Å². The molecule has 0 saturated carbocycles. The summed E-state index contributed by atoms with van der Waals surface area (Å²) in [7, 11) is 3.70. The van der Waals surface area contributed by atoms with Gasteiger partial charge < -0.3 is 14.8 Å². The van der Waals surface area contributed by atoms with Crippen LogP contribution in [0.2, 0.25) is 0 Å². The Balaban J connectivity index is 0.000000232. The average molecular weight is 438 g/mol. The van der Waals surface area contributed by atoms with Gasteiger partial charge in [-0.1, -0.05) is 50.2 Å². The van der Waals surface area contributed by atoms with Crippen LogP contribution in [0.5, 0.6) is 0 Å².